The predicted octanol–water partition coefficient (Wildman–Crippen LogP) is 0.353. The van der Waals surface area contributed by atoms with Crippen LogP contribution in [0.1, 0.15) is 13.8 Å². The SMILES string of the molecule is CCN(CC(C)C(N)=S)S(=O)(=O)c1ccnn1C. The molecule has 0 fully saturated rings. The van der Waals surface area contributed by atoms with Crippen LogP contribution in [0.25, 0.3) is 0 Å². The van der Waals surface area contributed by atoms with Crippen LogP contribution in [-0.4, -0.2) is 40.6 Å². The van der Waals surface area contributed by atoms with Crippen molar-refractivity contribution in [3.8, 4) is 0 Å². The third-order valence-electron chi connectivity index (χ3n) is 2.70. The Kier molecular flexibility index (Phi) is 4.83. The van der Waals surface area contributed by atoms with Gasteiger partial charge in [-0.3, -0.25) is 4.68 Å². The molecule has 2 N–H and O–H groups in total. The molecule has 0 radical (unpaired) electrons. The summed E-state index contributed by atoms with van der Waals surface area (Å²) in [6, 6.07) is 1.48. The average molecular weight is 290 g/mol. The summed E-state index contributed by atoms with van der Waals surface area (Å²) < 4.78 is 27.5. The van der Waals surface area contributed by atoms with Crippen molar-refractivity contribution in [2.75, 3.05) is 13.1 Å². The Hall–Kier alpha value is -0.990. The Morgan fingerprint density at radius 1 is 1.67 bits per heavy atom. The molecule has 1 heterocycles. The minimum atomic E-state index is -3.55. The standard InChI is InChI=1S/C10H18N4O2S2/c1-4-14(7-8(2)10(11)17)18(15,16)9-5-6-12-13(9)3/h5-6,8H,4,7H2,1-3H3,(H2,11,17). The second-order valence-electron chi connectivity index (χ2n) is 4.05. The summed E-state index contributed by atoms with van der Waals surface area (Å²) >= 11 is 4.87. The van der Waals surface area contributed by atoms with E-state index >= 15 is 0 Å². The zero-order chi connectivity index (χ0) is 13.9. The van der Waals surface area contributed by atoms with Crippen LogP contribution in [0.5, 0.6) is 0 Å². The van der Waals surface area contributed by atoms with E-state index in [4.69, 9.17) is 18.0 Å². The summed E-state index contributed by atoms with van der Waals surface area (Å²) in [5, 5.41) is 4.04. The Morgan fingerprint density at radius 2 is 2.28 bits per heavy atom. The van der Waals surface area contributed by atoms with E-state index < -0.39 is 10.0 Å². The molecule has 1 atom stereocenters. The Bertz CT molecular complexity index is 524. The first kappa shape index (κ1) is 15.1. The quantitative estimate of drug-likeness (QED) is 0.765. The highest BCUT2D eigenvalue weighted by molar-refractivity contribution is 7.89. The van der Waals surface area contributed by atoms with E-state index in [1.54, 1.807) is 14.0 Å². The first-order valence-electron chi connectivity index (χ1n) is 5.58. The molecule has 0 aliphatic heterocycles. The highest BCUT2D eigenvalue weighted by Crippen LogP contribution is 2.15. The number of nitrogens with two attached hydrogens (primary N) is 1. The van der Waals surface area contributed by atoms with Crippen molar-refractivity contribution in [1.29, 1.82) is 0 Å². The van der Waals surface area contributed by atoms with Crippen LogP contribution >= 0.6 is 12.2 Å². The highest BCUT2D eigenvalue weighted by Gasteiger charge is 2.27. The van der Waals surface area contributed by atoms with E-state index in [1.807, 2.05) is 6.92 Å². The zero-order valence-electron chi connectivity index (χ0n) is 10.7. The van der Waals surface area contributed by atoms with Gasteiger partial charge in [-0.25, -0.2) is 8.42 Å². The molecule has 0 amide bonds. The maximum atomic E-state index is 12.4. The minimum absolute atomic E-state index is 0.164. The second-order valence-corrected chi connectivity index (χ2v) is 6.41. The number of hydrogen-bond acceptors (Lipinski definition) is 4. The molecule has 1 rings (SSSR count). The number of thiocarbonyl (C=S) groups is 1. The highest BCUT2D eigenvalue weighted by atomic mass is 32.2. The Labute approximate surface area is 113 Å². The maximum absolute atomic E-state index is 12.4. The number of sulfonamides is 1. The van der Waals surface area contributed by atoms with Crippen molar-refractivity contribution in [1.82, 2.24) is 14.1 Å². The monoisotopic (exact) mass is 290 g/mol. The third kappa shape index (κ3) is 3.06. The van der Waals surface area contributed by atoms with Crippen molar-refractivity contribution in [2.45, 2.75) is 18.9 Å². The molecule has 6 nitrogen and oxygen atoms in total. The summed E-state index contributed by atoms with van der Waals surface area (Å²) in [7, 11) is -1.95. The number of aryl methyl sites for hydroxylation is 1. The topological polar surface area (TPSA) is 81.2 Å². The van der Waals surface area contributed by atoms with Crippen molar-refractivity contribution < 1.29 is 8.42 Å². The first-order chi connectivity index (χ1) is 8.30. The van der Waals surface area contributed by atoms with Crippen LogP contribution in [0.15, 0.2) is 17.3 Å². The van der Waals surface area contributed by atoms with Gasteiger partial charge in [0.2, 0.25) is 0 Å². The number of hydrogen-bond donors (Lipinski definition) is 1. The fraction of sp³-hybridized carbons (Fsp3) is 0.600. The van der Waals surface area contributed by atoms with Crippen molar-refractivity contribution in [3.05, 3.63) is 12.3 Å². The molecule has 0 saturated carbocycles. The van der Waals surface area contributed by atoms with Crippen LogP contribution < -0.4 is 5.73 Å². The van der Waals surface area contributed by atoms with Crippen LogP contribution in [0, 0.1) is 5.92 Å². The van der Waals surface area contributed by atoms with E-state index in [0.717, 1.165) is 0 Å². The van der Waals surface area contributed by atoms with Gasteiger partial charge >= 0.3 is 0 Å². The molecule has 0 aliphatic carbocycles. The summed E-state index contributed by atoms with van der Waals surface area (Å²) in [6.45, 7) is 4.23. The molecule has 0 bridgehead atoms. The van der Waals surface area contributed by atoms with Gasteiger partial charge < -0.3 is 5.73 Å². The van der Waals surface area contributed by atoms with Gasteiger partial charge in [0.25, 0.3) is 10.0 Å². The van der Waals surface area contributed by atoms with E-state index in [1.165, 1.54) is 21.3 Å². The van der Waals surface area contributed by atoms with Crippen molar-refractivity contribution in [2.24, 2.45) is 18.7 Å². The van der Waals surface area contributed by atoms with Gasteiger partial charge in [0, 0.05) is 26.1 Å². The van der Waals surface area contributed by atoms with Crippen LogP contribution in [0.3, 0.4) is 0 Å². The summed E-state index contributed by atoms with van der Waals surface area (Å²) in [5.41, 5.74) is 5.52. The summed E-state index contributed by atoms with van der Waals surface area (Å²) in [6.07, 6.45) is 1.46. The average Bonchev–Trinajstić information content (AvgIpc) is 2.72. The Balaban J connectivity index is 3.02. The molecule has 0 aromatic carbocycles. The number of aromatic nitrogens is 2. The second kappa shape index (κ2) is 5.77. The lowest BCUT2D eigenvalue weighted by Gasteiger charge is -2.23. The van der Waals surface area contributed by atoms with Crippen LogP contribution in [0.4, 0.5) is 0 Å². The first-order valence-corrected chi connectivity index (χ1v) is 7.43. The number of rotatable bonds is 6. The van der Waals surface area contributed by atoms with Crippen molar-refractivity contribution >= 4 is 27.2 Å². The van der Waals surface area contributed by atoms with Gasteiger partial charge in [-0.1, -0.05) is 26.1 Å². The van der Waals surface area contributed by atoms with E-state index in [-0.39, 0.29) is 17.5 Å². The normalized spacial score (nSPS) is 13.8. The summed E-state index contributed by atoms with van der Waals surface area (Å²) in [5.74, 6) is -0.164. The van der Waals surface area contributed by atoms with E-state index in [2.05, 4.69) is 5.10 Å². The molecule has 8 heteroatoms. The molecule has 1 aromatic rings. The van der Waals surface area contributed by atoms with Crippen molar-refractivity contribution in [3.63, 3.8) is 0 Å². The third-order valence-corrected chi connectivity index (χ3v) is 5.11. The van der Waals surface area contributed by atoms with E-state index in [9.17, 15) is 8.42 Å². The van der Waals surface area contributed by atoms with Gasteiger partial charge in [0.05, 0.1) is 11.2 Å². The van der Waals surface area contributed by atoms with Gasteiger partial charge in [-0.2, -0.15) is 9.40 Å². The van der Waals surface area contributed by atoms with Gasteiger partial charge in [-0.05, 0) is 6.07 Å². The molecule has 0 saturated heterocycles. The molecule has 18 heavy (non-hydrogen) atoms. The lowest BCUT2D eigenvalue weighted by Crippen LogP contribution is -2.38. The van der Waals surface area contributed by atoms with Gasteiger partial charge in [0.15, 0.2) is 5.03 Å². The Morgan fingerprint density at radius 3 is 2.67 bits per heavy atom. The molecular formula is C10H18N4O2S2. The van der Waals surface area contributed by atoms with E-state index in [0.29, 0.717) is 11.5 Å². The fourth-order valence-electron chi connectivity index (χ4n) is 1.54. The molecule has 1 aromatic heterocycles. The predicted molar refractivity (Wildman–Crippen MR) is 73.6 cm³/mol. The molecule has 102 valence electrons. The lowest BCUT2D eigenvalue weighted by molar-refractivity contribution is 0.400. The molecule has 0 spiro atoms. The minimum Gasteiger partial charge on any atom is -0.393 e. The fourth-order valence-corrected chi connectivity index (χ4v) is 3.25. The van der Waals surface area contributed by atoms with Crippen LogP contribution in [0.2, 0.25) is 0 Å². The van der Waals surface area contributed by atoms with Gasteiger partial charge in [0.1, 0.15) is 0 Å². The van der Waals surface area contributed by atoms with Gasteiger partial charge in [-0.15, -0.1) is 0 Å². The zero-order valence-corrected chi connectivity index (χ0v) is 12.3. The molecular weight excluding hydrogens is 272 g/mol. The largest absolute Gasteiger partial charge is 0.393 e. The molecule has 1 unspecified atom stereocenters. The smallest absolute Gasteiger partial charge is 0.260 e. The number of nitrogens with zero attached hydrogens (tertiary/aromatic N) is 3. The summed E-state index contributed by atoms with van der Waals surface area (Å²) in [4.78, 5) is 0.314. The lowest BCUT2D eigenvalue weighted by atomic mass is 10.2. The molecule has 0 aliphatic rings. The maximum Gasteiger partial charge on any atom is 0.260 e. The van der Waals surface area contributed by atoms with Crippen LogP contribution in [-0.2, 0) is 17.1 Å².